The van der Waals surface area contributed by atoms with Gasteiger partial charge in [-0.2, -0.15) is 0 Å². The lowest BCUT2D eigenvalue weighted by molar-refractivity contribution is -0.118. The first-order valence-electron chi connectivity index (χ1n) is 8.39. The average molecular weight is 418 g/mol. The van der Waals surface area contributed by atoms with Gasteiger partial charge in [0.2, 0.25) is 0 Å². The molecule has 150 valence electrons. The van der Waals surface area contributed by atoms with E-state index in [1.165, 1.54) is 24.3 Å². The van der Waals surface area contributed by atoms with Crippen molar-refractivity contribution in [2.24, 2.45) is 0 Å². The molecule has 0 atom stereocenters. The number of sulfonamides is 1. The summed E-state index contributed by atoms with van der Waals surface area (Å²) in [6.45, 7) is -0.186. The molecule has 3 aromatic rings. The first-order chi connectivity index (χ1) is 13.8. The SMILES string of the molecule is O=C(COc1ccccc1)Nc1ccc(NS(=O)(=O)c2ccc(F)c(F)c2)cc1. The van der Waals surface area contributed by atoms with Gasteiger partial charge in [-0.1, -0.05) is 18.2 Å². The zero-order chi connectivity index (χ0) is 20.9. The number of rotatable bonds is 7. The van der Waals surface area contributed by atoms with Crippen molar-refractivity contribution in [2.45, 2.75) is 4.90 Å². The summed E-state index contributed by atoms with van der Waals surface area (Å²) in [6.07, 6.45) is 0. The zero-order valence-corrected chi connectivity index (χ0v) is 15.7. The molecule has 0 aliphatic rings. The van der Waals surface area contributed by atoms with Crippen LogP contribution in [0.4, 0.5) is 20.2 Å². The number of hydrogen-bond acceptors (Lipinski definition) is 4. The normalized spacial score (nSPS) is 11.0. The molecular formula is C20H16F2N2O4S. The largest absolute Gasteiger partial charge is 0.484 e. The summed E-state index contributed by atoms with van der Waals surface area (Å²) in [5.74, 6) is -2.22. The fourth-order valence-electron chi connectivity index (χ4n) is 2.34. The minimum Gasteiger partial charge on any atom is -0.484 e. The fraction of sp³-hybridized carbons (Fsp3) is 0.0500. The maximum absolute atomic E-state index is 13.3. The lowest BCUT2D eigenvalue weighted by atomic mass is 10.3. The number of carbonyl (C=O) groups is 1. The highest BCUT2D eigenvalue weighted by Crippen LogP contribution is 2.20. The van der Waals surface area contributed by atoms with E-state index in [1.807, 2.05) is 6.07 Å². The van der Waals surface area contributed by atoms with Crippen molar-refractivity contribution in [1.82, 2.24) is 0 Å². The van der Waals surface area contributed by atoms with Crippen LogP contribution >= 0.6 is 0 Å². The van der Waals surface area contributed by atoms with E-state index in [2.05, 4.69) is 10.0 Å². The summed E-state index contributed by atoms with van der Waals surface area (Å²) in [7, 11) is -4.09. The molecule has 1 amide bonds. The summed E-state index contributed by atoms with van der Waals surface area (Å²) in [5.41, 5.74) is 0.621. The summed E-state index contributed by atoms with van der Waals surface area (Å²) < 4.78 is 58.4. The van der Waals surface area contributed by atoms with E-state index < -0.39 is 26.6 Å². The number of amides is 1. The van der Waals surface area contributed by atoms with Gasteiger partial charge < -0.3 is 10.1 Å². The number of ether oxygens (including phenoxy) is 1. The molecule has 0 fully saturated rings. The number of benzene rings is 3. The highest BCUT2D eigenvalue weighted by Gasteiger charge is 2.16. The Morgan fingerprint density at radius 1 is 0.862 bits per heavy atom. The number of para-hydroxylation sites is 1. The monoisotopic (exact) mass is 418 g/mol. The second-order valence-corrected chi connectivity index (χ2v) is 7.59. The van der Waals surface area contributed by atoms with Crippen LogP contribution in [0.2, 0.25) is 0 Å². The van der Waals surface area contributed by atoms with Gasteiger partial charge in [-0.3, -0.25) is 9.52 Å². The number of hydrogen-bond donors (Lipinski definition) is 2. The van der Waals surface area contributed by atoms with Crippen molar-refractivity contribution in [3.63, 3.8) is 0 Å². The predicted molar refractivity (Wildman–Crippen MR) is 104 cm³/mol. The third-order valence-corrected chi connectivity index (χ3v) is 5.11. The Balaban J connectivity index is 1.59. The molecular weight excluding hydrogens is 402 g/mol. The van der Waals surface area contributed by atoms with Gasteiger partial charge in [0.25, 0.3) is 15.9 Å². The molecule has 0 aromatic heterocycles. The Kier molecular flexibility index (Phi) is 6.08. The predicted octanol–water partition coefficient (Wildman–Crippen LogP) is 3.78. The van der Waals surface area contributed by atoms with E-state index in [9.17, 15) is 22.0 Å². The first kappa shape index (κ1) is 20.3. The van der Waals surface area contributed by atoms with Crippen LogP contribution in [0.1, 0.15) is 0 Å². The number of nitrogens with one attached hydrogen (secondary N) is 2. The van der Waals surface area contributed by atoms with Crippen LogP contribution in [-0.4, -0.2) is 20.9 Å². The second-order valence-electron chi connectivity index (χ2n) is 5.91. The Hall–Kier alpha value is -3.46. The summed E-state index contributed by atoms with van der Waals surface area (Å²) >= 11 is 0. The van der Waals surface area contributed by atoms with Crippen molar-refractivity contribution in [1.29, 1.82) is 0 Å². The van der Waals surface area contributed by atoms with Gasteiger partial charge >= 0.3 is 0 Å². The van der Waals surface area contributed by atoms with Gasteiger partial charge in [0.1, 0.15) is 5.75 Å². The molecule has 0 aliphatic carbocycles. The van der Waals surface area contributed by atoms with Crippen LogP contribution < -0.4 is 14.8 Å². The molecule has 0 spiro atoms. The molecule has 0 radical (unpaired) electrons. The number of halogens is 2. The van der Waals surface area contributed by atoms with Gasteiger partial charge in [0.15, 0.2) is 18.2 Å². The molecule has 9 heteroatoms. The molecule has 0 heterocycles. The smallest absolute Gasteiger partial charge is 0.262 e. The average Bonchev–Trinajstić information content (AvgIpc) is 2.70. The molecule has 0 unspecified atom stereocenters. The Morgan fingerprint density at radius 3 is 2.17 bits per heavy atom. The van der Waals surface area contributed by atoms with Gasteiger partial charge in [-0.05, 0) is 54.6 Å². The van der Waals surface area contributed by atoms with E-state index >= 15 is 0 Å². The van der Waals surface area contributed by atoms with Crippen molar-refractivity contribution in [3.05, 3.63) is 84.4 Å². The fourth-order valence-corrected chi connectivity index (χ4v) is 3.41. The van der Waals surface area contributed by atoms with E-state index in [0.29, 0.717) is 17.5 Å². The van der Waals surface area contributed by atoms with E-state index in [0.717, 1.165) is 12.1 Å². The third-order valence-electron chi connectivity index (χ3n) is 3.74. The van der Waals surface area contributed by atoms with Crippen LogP contribution in [0.25, 0.3) is 0 Å². The lowest BCUT2D eigenvalue weighted by Gasteiger charge is -2.10. The van der Waals surface area contributed by atoms with Gasteiger partial charge in [-0.15, -0.1) is 0 Å². The van der Waals surface area contributed by atoms with E-state index in [4.69, 9.17) is 4.74 Å². The minimum atomic E-state index is -4.09. The maximum Gasteiger partial charge on any atom is 0.262 e. The number of carbonyl (C=O) groups excluding carboxylic acids is 1. The topological polar surface area (TPSA) is 84.5 Å². The number of anilines is 2. The summed E-state index contributed by atoms with van der Waals surface area (Å²) in [6, 6.07) is 17.0. The molecule has 0 aliphatic heterocycles. The Bertz CT molecular complexity index is 1110. The van der Waals surface area contributed by atoms with Crippen molar-refractivity contribution in [2.75, 3.05) is 16.6 Å². The summed E-state index contributed by atoms with van der Waals surface area (Å²) in [4.78, 5) is 11.5. The molecule has 3 rings (SSSR count). The quantitative estimate of drug-likeness (QED) is 0.612. The van der Waals surface area contributed by atoms with Crippen molar-refractivity contribution in [3.8, 4) is 5.75 Å². The minimum absolute atomic E-state index is 0.186. The van der Waals surface area contributed by atoms with Crippen LogP contribution in [0.3, 0.4) is 0 Å². The standard InChI is InChI=1S/C20H16F2N2O4S/c21-18-11-10-17(12-19(18)22)29(26,27)24-15-8-6-14(7-9-15)23-20(25)13-28-16-4-2-1-3-5-16/h1-12,24H,13H2,(H,23,25). The maximum atomic E-state index is 13.3. The van der Waals surface area contributed by atoms with E-state index in [-0.39, 0.29) is 18.2 Å². The summed E-state index contributed by atoms with van der Waals surface area (Å²) in [5, 5.41) is 2.62. The van der Waals surface area contributed by atoms with Crippen molar-refractivity contribution < 1.29 is 26.7 Å². The molecule has 2 N–H and O–H groups in total. The van der Waals surface area contributed by atoms with Crippen LogP contribution in [-0.2, 0) is 14.8 Å². The van der Waals surface area contributed by atoms with Gasteiger partial charge in [0, 0.05) is 11.4 Å². The Morgan fingerprint density at radius 2 is 1.52 bits per heavy atom. The lowest BCUT2D eigenvalue weighted by Crippen LogP contribution is -2.20. The highest BCUT2D eigenvalue weighted by atomic mass is 32.2. The Labute approximate surface area is 166 Å². The van der Waals surface area contributed by atoms with Crippen LogP contribution in [0.5, 0.6) is 5.75 Å². The molecule has 29 heavy (non-hydrogen) atoms. The van der Waals surface area contributed by atoms with Crippen LogP contribution in [0, 0.1) is 11.6 Å². The van der Waals surface area contributed by atoms with E-state index in [1.54, 1.807) is 24.3 Å². The van der Waals surface area contributed by atoms with Gasteiger partial charge in [0.05, 0.1) is 4.90 Å². The molecule has 6 nitrogen and oxygen atoms in total. The highest BCUT2D eigenvalue weighted by molar-refractivity contribution is 7.92. The molecule has 0 saturated carbocycles. The first-order valence-corrected chi connectivity index (χ1v) is 9.87. The third kappa shape index (κ3) is 5.52. The zero-order valence-electron chi connectivity index (χ0n) is 14.9. The molecule has 0 saturated heterocycles. The molecule has 3 aromatic carbocycles. The molecule has 0 bridgehead atoms. The van der Waals surface area contributed by atoms with Crippen LogP contribution in [0.15, 0.2) is 77.7 Å². The second kappa shape index (κ2) is 8.70. The van der Waals surface area contributed by atoms with Gasteiger partial charge in [-0.25, -0.2) is 17.2 Å². The van der Waals surface area contributed by atoms with Crippen molar-refractivity contribution >= 4 is 27.3 Å².